The minimum atomic E-state index is -0.0698. The van der Waals surface area contributed by atoms with Crippen molar-refractivity contribution in [3.63, 3.8) is 0 Å². The number of benzene rings is 1. The summed E-state index contributed by atoms with van der Waals surface area (Å²) in [6.07, 6.45) is 7.35. The maximum atomic E-state index is 12.1. The number of hydrogen-bond donors (Lipinski definition) is 1. The summed E-state index contributed by atoms with van der Waals surface area (Å²) in [6.45, 7) is 0.574. The Bertz CT molecular complexity index is 684. The summed E-state index contributed by atoms with van der Waals surface area (Å²) in [6, 6.07) is 8.91. The monoisotopic (exact) mass is 312 g/mol. The van der Waals surface area contributed by atoms with Gasteiger partial charge in [-0.3, -0.25) is 9.78 Å². The van der Waals surface area contributed by atoms with Crippen molar-refractivity contribution in [3.05, 3.63) is 59.9 Å². The number of nitrogens with zero attached hydrogens (tertiary/aromatic N) is 2. The topological polar surface area (TPSA) is 62.7 Å². The van der Waals surface area contributed by atoms with Gasteiger partial charge in [0.2, 0.25) is 5.91 Å². The highest BCUT2D eigenvalue weighted by molar-refractivity contribution is 5.91. The van der Waals surface area contributed by atoms with E-state index in [1.54, 1.807) is 42.6 Å². The number of phenolic OH excluding ortho intramolecular Hbond substituents is 1. The number of methoxy groups -OCH3 is 1. The van der Waals surface area contributed by atoms with Gasteiger partial charge in [0.15, 0.2) is 11.5 Å². The van der Waals surface area contributed by atoms with Crippen LogP contribution < -0.4 is 4.74 Å². The zero-order valence-electron chi connectivity index (χ0n) is 13.3. The Labute approximate surface area is 135 Å². The zero-order chi connectivity index (χ0) is 16.7. The molecule has 120 valence electrons. The van der Waals surface area contributed by atoms with E-state index in [4.69, 9.17) is 4.74 Å². The average Bonchev–Trinajstić information content (AvgIpc) is 2.59. The third kappa shape index (κ3) is 4.85. The van der Waals surface area contributed by atoms with Crippen LogP contribution in [0.5, 0.6) is 11.5 Å². The van der Waals surface area contributed by atoms with Crippen LogP contribution in [0.3, 0.4) is 0 Å². The standard InChI is InChI=1S/C18H20N2O3/c1-20(18(22)8-6-15-4-3-10-19-13-15)11-9-14-5-7-16(21)17(12-14)23-2/h3-8,10,12-13,21H,9,11H2,1-2H3/b8-6+. The Kier molecular flexibility index (Phi) is 5.74. The molecule has 23 heavy (non-hydrogen) atoms. The van der Waals surface area contributed by atoms with Gasteiger partial charge in [0.1, 0.15) is 0 Å². The van der Waals surface area contributed by atoms with Crippen molar-refractivity contribution in [2.24, 2.45) is 0 Å². The zero-order valence-corrected chi connectivity index (χ0v) is 13.3. The number of aromatic hydroxyl groups is 1. The molecule has 0 radical (unpaired) electrons. The first-order valence-corrected chi connectivity index (χ1v) is 7.29. The minimum Gasteiger partial charge on any atom is -0.504 e. The second-order valence-electron chi connectivity index (χ2n) is 5.14. The first kappa shape index (κ1) is 16.5. The Morgan fingerprint density at radius 1 is 1.39 bits per heavy atom. The maximum Gasteiger partial charge on any atom is 0.246 e. The summed E-state index contributed by atoms with van der Waals surface area (Å²) < 4.78 is 5.08. The summed E-state index contributed by atoms with van der Waals surface area (Å²) in [5.41, 5.74) is 1.88. The molecule has 0 unspecified atom stereocenters. The lowest BCUT2D eigenvalue weighted by Gasteiger charge is -2.15. The van der Waals surface area contributed by atoms with Crippen LogP contribution in [0.1, 0.15) is 11.1 Å². The molecule has 1 aromatic carbocycles. The number of rotatable bonds is 6. The number of carbonyl (C=O) groups excluding carboxylic acids is 1. The van der Waals surface area contributed by atoms with E-state index >= 15 is 0 Å². The van der Waals surface area contributed by atoms with Crippen molar-refractivity contribution < 1.29 is 14.6 Å². The van der Waals surface area contributed by atoms with E-state index in [1.807, 2.05) is 18.2 Å². The average molecular weight is 312 g/mol. The Morgan fingerprint density at radius 3 is 2.91 bits per heavy atom. The second-order valence-corrected chi connectivity index (χ2v) is 5.14. The van der Waals surface area contributed by atoms with Crippen molar-refractivity contribution in [2.45, 2.75) is 6.42 Å². The molecule has 1 amide bonds. The largest absolute Gasteiger partial charge is 0.504 e. The van der Waals surface area contributed by atoms with Gasteiger partial charge in [-0.05, 0) is 41.8 Å². The van der Waals surface area contributed by atoms with Gasteiger partial charge in [0.25, 0.3) is 0 Å². The summed E-state index contributed by atoms with van der Waals surface area (Å²) in [5.74, 6) is 0.479. The summed E-state index contributed by atoms with van der Waals surface area (Å²) in [7, 11) is 3.27. The number of amides is 1. The molecule has 2 aromatic rings. The molecule has 0 bridgehead atoms. The van der Waals surface area contributed by atoms with Crippen LogP contribution in [0.25, 0.3) is 6.08 Å². The molecule has 1 heterocycles. The molecule has 0 aliphatic carbocycles. The van der Waals surface area contributed by atoms with E-state index in [0.717, 1.165) is 11.1 Å². The Morgan fingerprint density at radius 2 is 2.22 bits per heavy atom. The van der Waals surface area contributed by atoms with Gasteiger partial charge in [0, 0.05) is 32.1 Å². The number of pyridine rings is 1. The highest BCUT2D eigenvalue weighted by Crippen LogP contribution is 2.26. The van der Waals surface area contributed by atoms with E-state index < -0.39 is 0 Å². The van der Waals surface area contributed by atoms with Gasteiger partial charge in [0.05, 0.1) is 7.11 Å². The second kappa shape index (κ2) is 7.98. The molecule has 5 heteroatoms. The molecule has 0 saturated heterocycles. The van der Waals surface area contributed by atoms with Gasteiger partial charge in [-0.25, -0.2) is 0 Å². The van der Waals surface area contributed by atoms with E-state index in [-0.39, 0.29) is 11.7 Å². The van der Waals surface area contributed by atoms with Crippen LogP contribution in [-0.4, -0.2) is 41.6 Å². The van der Waals surface area contributed by atoms with Crippen LogP contribution in [0.2, 0.25) is 0 Å². The molecular weight excluding hydrogens is 292 g/mol. The summed E-state index contributed by atoms with van der Waals surface area (Å²) in [4.78, 5) is 17.7. The van der Waals surface area contributed by atoms with Crippen molar-refractivity contribution >= 4 is 12.0 Å². The minimum absolute atomic E-state index is 0.0698. The lowest BCUT2D eigenvalue weighted by atomic mass is 10.1. The Balaban J connectivity index is 1.90. The maximum absolute atomic E-state index is 12.1. The normalized spacial score (nSPS) is 10.7. The molecule has 0 saturated carbocycles. The smallest absolute Gasteiger partial charge is 0.246 e. The third-order valence-electron chi connectivity index (χ3n) is 3.46. The van der Waals surface area contributed by atoms with Crippen LogP contribution in [0.15, 0.2) is 48.8 Å². The number of ether oxygens (including phenoxy) is 1. The molecule has 0 fully saturated rings. The fourth-order valence-corrected chi connectivity index (χ4v) is 2.05. The molecule has 0 spiro atoms. The fourth-order valence-electron chi connectivity index (χ4n) is 2.05. The van der Waals surface area contributed by atoms with Crippen LogP contribution in [0, 0.1) is 0 Å². The van der Waals surface area contributed by atoms with Crippen molar-refractivity contribution in [3.8, 4) is 11.5 Å². The number of phenols is 1. The molecule has 0 atom stereocenters. The first-order chi connectivity index (χ1) is 11.1. The SMILES string of the molecule is COc1cc(CCN(C)C(=O)/C=C/c2cccnc2)ccc1O. The van der Waals surface area contributed by atoms with Crippen LogP contribution >= 0.6 is 0 Å². The molecule has 0 aliphatic rings. The van der Waals surface area contributed by atoms with E-state index in [0.29, 0.717) is 18.7 Å². The van der Waals surface area contributed by atoms with Gasteiger partial charge < -0.3 is 14.7 Å². The quantitative estimate of drug-likeness (QED) is 0.833. The van der Waals surface area contributed by atoms with E-state index in [2.05, 4.69) is 4.98 Å². The molecule has 5 nitrogen and oxygen atoms in total. The van der Waals surface area contributed by atoms with Gasteiger partial charge in [-0.1, -0.05) is 12.1 Å². The Hall–Kier alpha value is -2.82. The van der Waals surface area contributed by atoms with Crippen molar-refractivity contribution in [2.75, 3.05) is 20.7 Å². The predicted molar refractivity (Wildman–Crippen MR) is 89.3 cm³/mol. The lowest BCUT2D eigenvalue weighted by Crippen LogP contribution is -2.27. The van der Waals surface area contributed by atoms with Crippen LogP contribution in [0.4, 0.5) is 0 Å². The molecule has 2 rings (SSSR count). The first-order valence-electron chi connectivity index (χ1n) is 7.29. The van der Waals surface area contributed by atoms with E-state index in [1.165, 1.54) is 13.2 Å². The number of carbonyl (C=O) groups is 1. The highest BCUT2D eigenvalue weighted by atomic mass is 16.5. The van der Waals surface area contributed by atoms with Crippen molar-refractivity contribution in [1.82, 2.24) is 9.88 Å². The van der Waals surface area contributed by atoms with Gasteiger partial charge in [-0.15, -0.1) is 0 Å². The molecule has 0 aliphatic heterocycles. The summed E-state index contributed by atoms with van der Waals surface area (Å²) >= 11 is 0. The third-order valence-corrected chi connectivity index (χ3v) is 3.46. The fraction of sp³-hybridized carbons (Fsp3) is 0.222. The number of aromatic nitrogens is 1. The van der Waals surface area contributed by atoms with Crippen LogP contribution in [-0.2, 0) is 11.2 Å². The van der Waals surface area contributed by atoms with Crippen molar-refractivity contribution in [1.29, 1.82) is 0 Å². The lowest BCUT2D eigenvalue weighted by molar-refractivity contribution is -0.124. The van der Waals surface area contributed by atoms with Gasteiger partial charge >= 0.3 is 0 Å². The van der Waals surface area contributed by atoms with E-state index in [9.17, 15) is 9.90 Å². The molecule has 1 N–H and O–H groups in total. The molecule has 1 aromatic heterocycles. The molecular formula is C18H20N2O3. The highest BCUT2D eigenvalue weighted by Gasteiger charge is 2.07. The summed E-state index contributed by atoms with van der Waals surface area (Å²) in [5, 5.41) is 9.58. The predicted octanol–water partition coefficient (Wildman–Crippen LogP) is 2.51. The van der Waals surface area contributed by atoms with Gasteiger partial charge in [-0.2, -0.15) is 0 Å². The number of hydrogen-bond acceptors (Lipinski definition) is 4. The number of likely N-dealkylation sites (N-methyl/N-ethyl adjacent to an activating group) is 1.